The van der Waals surface area contributed by atoms with Crippen molar-refractivity contribution in [3.8, 4) is 0 Å². The number of benzene rings is 2. The summed E-state index contributed by atoms with van der Waals surface area (Å²) in [5, 5.41) is 4.25. The quantitative estimate of drug-likeness (QED) is 0.444. The van der Waals surface area contributed by atoms with Crippen LogP contribution in [0.5, 0.6) is 0 Å². The van der Waals surface area contributed by atoms with Crippen molar-refractivity contribution in [1.82, 2.24) is 24.8 Å². The van der Waals surface area contributed by atoms with Crippen molar-refractivity contribution in [2.24, 2.45) is 4.99 Å². The second-order valence-corrected chi connectivity index (χ2v) is 7.97. The molecule has 3 heterocycles. The first-order valence-corrected chi connectivity index (χ1v) is 11.0. The lowest BCUT2D eigenvalue weighted by Crippen LogP contribution is -2.31. The monoisotopic (exact) mass is 426 g/mol. The van der Waals surface area contributed by atoms with E-state index in [1.807, 2.05) is 39.9 Å². The maximum absolute atomic E-state index is 12.8. The fraction of sp³-hybridized carbons (Fsp3) is 0.240. The number of aromatic nitrogens is 3. The molecule has 0 saturated carbocycles. The molecular formula is C25H26N6O. The molecule has 0 aliphatic carbocycles. The Morgan fingerprint density at radius 2 is 1.88 bits per heavy atom. The SMILES string of the molecule is O=C1NC(=NCCc2c[nH]c3ccccc23)C(c2ccccc2)N1CCCn1ccnc1. The van der Waals surface area contributed by atoms with E-state index >= 15 is 0 Å². The molecule has 1 aliphatic rings. The molecule has 2 aromatic carbocycles. The molecule has 7 heteroatoms. The fourth-order valence-electron chi connectivity index (χ4n) is 4.32. The molecule has 2 amide bonds. The lowest BCUT2D eigenvalue weighted by Gasteiger charge is -2.23. The first-order valence-electron chi connectivity index (χ1n) is 11.0. The van der Waals surface area contributed by atoms with Gasteiger partial charge in [0, 0.05) is 49.1 Å². The number of hydrogen-bond donors (Lipinski definition) is 2. The largest absolute Gasteiger partial charge is 0.361 e. The van der Waals surface area contributed by atoms with Gasteiger partial charge in [-0.1, -0.05) is 48.5 Å². The highest BCUT2D eigenvalue weighted by Gasteiger charge is 2.37. The minimum absolute atomic E-state index is 0.0877. The smallest absolute Gasteiger partial charge is 0.323 e. The lowest BCUT2D eigenvalue weighted by atomic mass is 10.1. The molecule has 5 rings (SSSR count). The first kappa shape index (κ1) is 20.1. The van der Waals surface area contributed by atoms with E-state index in [2.05, 4.69) is 51.8 Å². The molecule has 0 bridgehead atoms. The zero-order chi connectivity index (χ0) is 21.8. The number of aryl methyl sites for hydroxylation is 1. The van der Waals surface area contributed by atoms with Crippen LogP contribution in [0.2, 0.25) is 0 Å². The molecule has 0 radical (unpaired) electrons. The number of H-pyrrole nitrogens is 1. The van der Waals surface area contributed by atoms with Crippen molar-refractivity contribution in [3.05, 3.63) is 90.6 Å². The predicted molar refractivity (Wildman–Crippen MR) is 126 cm³/mol. The summed E-state index contributed by atoms with van der Waals surface area (Å²) in [6, 6.07) is 18.1. The van der Waals surface area contributed by atoms with E-state index in [0.717, 1.165) is 36.3 Å². The first-order chi connectivity index (χ1) is 15.8. The molecule has 4 aromatic rings. The minimum atomic E-state index is -0.186. The van der Waals surface area contributed by atoms with Crippen LogP contribution in [-0.2, 0) is 13.0 Å². The molecule has 2 N–H and O–H groups in total. The van der Waals surface area contributed by atoms with Gasteiger partial charge < -0.3 is 14.5 Å². The Labute approximate surface area is 186 Å². The average molecular weight is 427 g/mol. The zero-order valence-corrected chi connectivity index (χ0v) is 17.8. The normalized spacial score (nSPS) is 17.4. The standard InChI is InChI=1S/C25H26N6O/c32-25-29-24(27-12-11-20-17-28-22-10-5-4-9-21(20)22)23(19-7-2-1-3-8-19)31(25)15-6-14-30-16-13-26-18-30/h1-5,7-10,13,16-18,23,28H,6,11-12,14-15H2,(H,27,29,32). The van der Waals surface area contributed by atoms with Crippen LogP contribution in [0.25, 0.3) is 10.9 Å². The summed E-state index contributed by atoms with van der Waals surface area (Å²) in [5.74, 6) is 0.726. The molecular weight excluding hydrogens is 400 g/mol. The highest BCUT2D eigenvalue weighted by molar-refractivity contribution is 6.07. The summed E-state index contributed by atoms with van der Waals surface area (Å²) in [5.41, 5.74) is 3.44. The molecule has 1 saturated heterocycles. The van der Waals surface area contributed by atoms with Crippen molar-refractivity contribution in [2.45, 2.75) is 25.4 Å². The topological polar surface area (TPSA) is 78.3 Å². The summed E-state index contributed by atoms with van der Waals surface area (Å²) in [6.07, 6.45) is 9.22. The Bertz CT molecular complexity index is 1210. The molecule has 7 nitrogen and oxygen atoms in total. The fourth-order valence-corrected chi connectivity index (χ4v) is 4.32. The molecule has 0 spiro atoms. The summed E-state index contributed by atoms with van der Waals surface area (Å²) in [4.78, 5) is 27.0. The number of nitrogens with one attached hydrogen (secondary N) is 2. The predicted octanol–water partition coefficient (Wildman–Crippen LogP) is 4.16. The van der Waals surface area contributed by atoms with Gasteiger partial charge in [-0.3, -0.25) is 10.3 Å². The number of imidazole rings is 1. The van der Waals surface area contributed by atoms with Crippen molar-refractivity contribution in [3.63, 3.8) is 0 Å². The second kappa shape index (κ2) is 9.09. The number of para-hydroxylation sites is 1. The summed E-state index contributed by atoms with van der Waals surface area (Å²) < 4.78 is 2.03. The number of rotatable bonds is 8. The number of nitrogens with zero attached hydrogens (tertiary/aromatic N) is 4. The molecule has 32 heavy (non-hydrogen) atoms. The third kappa shape index (κ3) is 4.14. The Morgan fingerprint density at radius 3 is 2.72 bits per heavy atom. The third-order valence-corrected chi connectivity index (χ3v) is 5.89. The van der Waals surface area contributed by atoms with Crippen LogP contribution in [0.1, 0.15) is 23.6 Å². The van der Waals surface area contributed by atoms with Gasteiger partial charge in [-0.05, 0) is 30.0 Å². The highest BCUT2D eigenvalue weighted by Crippen LogP contribution is 2.27. The van der Waals surface area contributed by atoms with Gasteiger partial charge in [0.05, 0.1) is 6.33 Å². The Morgan fingerprint density at radius 1 is 1.03 bits per heavy atom. The van der Waals surface area contributed by atoms with Gasteiger partial charge in [-0.2, -0.15) is 0 Å². The van der Waals surface area contributed by atoms with Gasteiger partial charge in [0.25, 0.3) is 0 Å². The van der Waals surface area contributed by atoms with Crippen LogP contribution in [0.4, 0.5) is 4.79 Å². The molecule has 1 atom stereocenters. The van der Waals surface area contributed by atoms with E-state index in [1.165, 1.54) is 10.9 Å². The minimum Gasteiger partial charge on any atom is -0.361 e. The number of carbonyl (C=O) groups excluding carboxylic acids is 1. The van der Waals surface area contributed by atoms with Crippen LogP contribution >= 0.6 is 0 Å². The lowest BCUT2D eigenvalue weighted by molar-refractivity contribution is 0.204. The summed E-state index contributed by atoms with van der Waals surface area (Å²) in [7, 11) is 0. The van der Waals surface area contributed by atoms with Crippen LogP contribution in [0.15, 0.2) is 84.5 Å². The van der Waals surface area contributed by atoms with E-state index in [0.29, 0.717) is 13.1 Å². The molecule has 1 fully saturated rings. The molecule has 2 aromatic heterocycles. The van der Waals surface area contributed by atoms with Gasteiger partial charge in [-0.25, -0.2) is 9.78 Å². The Hall–Kier alpha value is -3.87. The maximum Gasteiger partial charge on any atom is 0.323 e. The molecule has 162 valence electrons. The van der Waals surface area contributed by atoms with Crippen molar-refractivity contribution in [2.75, 3.05) is 13.1 Å². The number of amides is 2. The number of aliphatic imine (C=N–C) groups is 1. The summed E-state index contributed by atoms with van der Waals surface area (Å²) in [6.45, 7) is 2.08. The Balaban J connectivity index is 1.32. The van der Waals surface area contributed by atoms with Crippen LogP contribution in [-0.4, -0.2) is 44.4 Å². The van der Waals surface area contributed by atoms with Gasteiger partial charge >= 0.3 is 6.03 Å². The van der Waals surface area contributed by atoms with Gasteiger partial charge in [0.15, 0.2) is 0 Å². The van der Waals surface area contributed by atoms with E-state index in [1.54, 1.807) is 12.5 Å². The average Bonchev–Trinajstić information content (AvgIpc) is 3.55. The molecule has 1 aliphatic heterocycles. The van der Waals surface area contributed by atoms with Gasteiger partial charge in [0.2, 0.25) is 0 Å². The van der Waals surface area contributed by atoms with E-state index in [-0.39, 0.29) is 12.1 Å². The van der Waals surface area contributed by atoms with Crippen LogP contribution in [0.3, 0.4) is 0 Å². The van der Waals surface area contributed by atoms with E-state index in [4.69, 9.17) is 4.99 Å². The second-order valence-electron chi connectivity index (χ2n) is 7.97. The van der Waals surface area contributed by atoms with Gasteiger partial charge in [0.1, 0.15) is 11.9 Å². The summed E-state index contributed by atoms with van der Waals surface area (Å²) >= 11 is 0. The number of aromatic amines is 1. The van der Waals surface area contributed by atoms with Crippen LogP contribution in [0, 0.1) is 0 Å². The molecule has 1 unspecified atom stereocenters. The van der Waals surface area contributed by atoms with Crippen molar-refractivity contribution < 1.29 is 4.79 Å². The van der Waals surface area contributed by atoms with Crippen molar-refractivity contribution >= 4 is 22.8 Å². The number of carbonyl (C=O) groups is 1. The van der Waals surface area contributed by atoms with Gasteiger partial charge in [-0.15, -0.1) is 0 Å². The number of urea groups is 1. The Kier molecular flexibility index (Phi) is 5.70. The zero-order valence-electron chi connectivity index (χ0n) is 17.8. The van der Waals surface area contributed by atoms with Crippen molar-refractivity contribution in [1.29, 1.82) is 0 Å². The highest BCUT2D eigenvalue weighted by atomic mass is 16.2. The number of fused-ring (bicyclic) bond motifs is 1. The van der Waals surface area contributed by atoms with E-state index in [9.17, 15) is 4.79 Å². The van der Waals surface area contributed by atoms with E-state index < -0.39 is 0 Å². The third-order valence-electron chi connectivity index (χ3n) is 5.89. The number of amidine groups is 1. The van der Waals surface area contributed by atoms with Crippen LogP contribution < -0.4 is 5.32 Å². The number of hydrogen-bond acceptors (Lipinski definition) is 3. The maximum atomic E-state index is 12.8.